The summed E-state index contributed by atoms with van der Waals surface area (Å²) in [5.41, 5.74) is 2.48. The van der Waals surface area contributed by atoms with Crippen molar-refractivity contribution in [3.05, 3.63) is 89.7 Å². The van der Waals surface area contributed by atoms with Crippen LogP contribution in [0.5, 0.6) is 11.5 Å². The summed E-state index contributed by atoms with van der Waals surface area (Å²) in [4.78, 5) is 14.6. The topological polar surface area (TPSA) is 61.8 Å². The highest BCUT2D eigenvalue weighted by Gasteiger charge is 2.42. The molecule has 0 aromatic heterocycles. The number of ether oxygens (including phenoxy) is 1. The molecule has 0 bridgehead atoms. The number of aryl methyl sites for hydroxylation is 1. The molecule has 160 valence electrons. The van der Waals surface area contributed by atoms with E-state index in [4.69, 9.17) is 4.74 Å². The summed E-state index contributed by atoms with van der Waals surface area (Å²) in [6, 6.07) is 20.3. The van der Waals surface area contributed by atoms with Crippen LogP contribution >= 0.6 is 0 Å². The third-order valence-corrected chi connectivity index (χ3v) is 5.67. The van der Waals surface area contributed by atoms with Gasteiger partial charge in [-0.1, -0.05) is 30.3 Å². The van der Waals surface area contributed by atoms with E-state index in [1.807, 2.05) is 36.4 Å². The molecule has 0 saturated carbocycles. The molecule has 1 aliphatic heterocycles. The maximum absolute atomic E-state index is 13.1. The number of aromatic hydroxyl groups is 1. The lowest BCUT2D eigenvalue weighted by molar-refractivity contribution is 0.250. The van der Waals surface area contributed by atoms with Crippen LogP contribution in [0.3, 0.4) is 0 Å². The van der Waals surface area contributed by atoms with Crippen molar-refractivity contribution in [2.45, 2.75) is 31.3 Å². The molecule has 0 spiro atoms. The van der Waals surface area contributed by atoms with Crippen molar-refractivity contribution >= 4 is 11.7 Å². The first-order valence-corrected chi connectivity index (χ1v) is 10.3. The Morgan fingerprint density at radius 1 is 1.06 bits per heavy atom. The molecular weight excluding hydrogens is 395 g/mol. The van der Waals surface area contributed by atoms with Crippen LogP contribution in [0.1, 0.15) is 30.0 Å². The largest absolute Gasteiger partial charge is 0.507 e. The molecule has 0 radical (unpaired) electrons. The van der Waals surface area contributed by atoms with E-state index in [0.717, 1.165) is 24.1 Å². The number of nitrogens with one attached hydrogen (secondary N) is 1. The highest BCUT2D eigenvalue weighted by atomic mass is 19.1. The highest BCUT2D eigenvalue weighted by molar-refractivity contribution is 5.96. The molecule has 0 aliphatic carbocycles. The van der Waals surface area contributed by atoms with Gasteiger partial charge in [-0.15, -0.1) is 0 Å². The van der Waals surface area contributed by atoms with Crippen LogP contribution in [-0.2, 0) is 6.42 Å². The summed E-state index contributed by atoms with van der Waals surface area (Å²) in [5.74, 6) is 0.392. The molecule has 1 saturated heterocycles. The number of carbonyl (C=O) groups is 1. The van der Waals surface area contributed by atoms with Crippen LogP contribution in [0, 0.1) is 5.82 Å². The molecule has 2 amide bonds. The van der Waals surface area contributed by atoms with Gasteiger partial charge in [0.2, 0.25) is 0 Å². The Morgan fingerprint density at radius 3 is 2.48 bits per heavy atom. The SMILES string of the molecule is COc1ccc([C@@H]2[C@H](CCCc3ccc(F)cc3)NC(=O)N2c2ccccc2)c(O)c1. The first kappa shape index (κ1) is 20.7. The molecule has 2 atom stereocenters. The number of hydrogen-bond donors (Lipinski definition) is 2. The summed E-state index contributed by atoms with van der Waals surface area (Å²) >= 11 is 0. The van der Waals surface area contributed by atoms with E-state index in [1.54, 1.807) is 36.3 Å². The fraction of sp³-hybridized carbons (Fsp3) is 0.240. The molecule has 1 fully saturated rings. The summed E-state index contributed by atoms with van der Waals surface area (Å²) in [7, 11) is 1.55. The number of rotatable bonds is 7. The number of methoxy groups -OCH3 is 1. The van der Waals surface area contributed by atoms with E-state index in [2.05, 4.69) is 5.32 Å². The Bertz CT molecular complexity index is 1040. The van der Waals surface area contributed by atoms with E-state index in [9.17, 15) is 14.3 Å². The number of hydrogen-bond acceptors (Lipinski definition) is 3. The molecule has 5 nitrogen and oxygen atoms in total. The van der Waals surface area contributed by atoms with E-state index in [1.165, 1.54) is 12.1 Å². The smallest absolute Gasteiger partial charge is 0.322 e. The van der Waals surface area contributed by atoms with Gasteiger partial charge in [0.25, 0.3) is 0 Å². The van der Waals surface area contributed by atoms with E-state index in [0.29, 0.717) is 17.7 Å². The molecule has 1 aliphatic rings. The first-order chi connectivity index (χ1) is 15.1. The fourth-order valence-electron chi connectivity index (χ4n) is 4.14. The molecule has 1 heterocycles. The van der Waals surface area contributed by atoms with Gasteiger partial charge in [-0.2, -0.15) is 0 Å². The highest BCUT2D eigenvalue weighted by Crippen LogP contribution is 2.40. The second-order valence-corrected chi connectivity index (χ2v) is 7.65. The minimum absolute atomic E-state index is 0.0883. The van der Waals surface area contributed by atoms with Gasteiger partial charge >= 0.3 is 6.03 Å². The number of urea groups is 1. The maximum Gasteiger partial charge on any atom is 0.322 e. The molecule has 4 rings (SSSR count). The van der Waals surface area contributed by atoms with Gasteiger partial charge in [-0.25, -0.2) is 9.18 Å². The zero-order valence-corrected chi connectivity index (χ0v) is 17.3. The van der Waals surface area contributed by atoms with Crippen molar-refractivity contribution < 1.29 is 19.0 Å². The predicted octanol–water partition coefficient (Wildman–Crippen LogP) is 5.20. The average Bonchev–Trinajstić information content (AvgIpc) is 3.11. The molecule has 3 aromatic rings. The van der Waals surface area contributed by atoms with Crippen LogP contribution < -0.4 is 15.0 Å². The lowest BCUT2D eigenvalue weighted by atomic mass is 9.93. The molecule has 3 aromatic carbocycles. The first-order valence-electron chi connectivity index (χ1n) is 10.3. The number of benzene rings is 3. The van der Waals surface area contributed by atoms with Gasteiger partial charge in [-0.05, 0) is 61.2 Å². The van der Waals surface area contributed by atoms with Crippen LogP contribution in [-0.4, -0.2) is 24.3 Å². The number of phenolic OH excluding ortho intramolecular Hbond substituents is 1. The zero-order valence-electron chi connectivity index (χ0n) is 17.3. The maximum atomic E-state index is 13.1. The van der Waals surface area contributed by atoms with Crippen molar-refractivity contribution in [1.82, 2.24) is 5.32 Å². The van der Waals surface area contributed by atoms with Crippen molar-refractivity contribution in [3.8, 4) is 11.5 Å². The van der Waals surface area contributed by atoms with Crippen molar-refractivity contribution in [3.63, 3.8) is 0 Å². The molecular formula is C25H25FN2O3. The standard InChI is InChI=1S/C25H25FN2O3/c1-31-20-14-15-21(23(29)16-20)24-22(9-5-6-17-10-12-18(26)13-11-17)27-25(30)28(24)19-7-3-2-4-8-19/h2-4,7-8,10-16,22,24,29H,5-6,9H2,1H3,(H,27,30)/t22-,24+/m0/s1. The average molecular weight is 420 g/mol. The second-order valence-electron chi connectivity index (χ2n) is 7.65. The Kier molecular flexibility index (Phi) is 6.07. The van der Waals surface area contributed by atoms with E-state index >= 15 is 0 Å². The number of carbonyl (C=O) groups excluding carboxylic acids is 1. The molecule has 2 N–H and O–H groups in total. The Hall–Kier alpha value is -3.54. The number of amides is 2. The lowest BCUT2D eigenvalue weighted by Crippen LogP contribution is -2.29. The van der Waals surface area contributed by atoms with Crippen LogP contribution in [0.2, 0.25) is 0 Å². The molecule has 0 unspecified atom stereocenters. The zero-order chi connectivity index (χ0) is 21.8. The minimum Gasteiger partial charge on any atom is -0.507 e. The van der Waals surface area contributed by atoms with Crippen molar-refractivity contribution in [2.24, 2.45) is 0 Å². The lowest BCUT2D eigenvalue weighted by Gasteiger charge is -2.28. The monoisotopic (exact) mass is 420 g/mol. The van der Waals surface area contributed by atoms with Gasteiger partial charge in [0.05, 0.1) is 19.2 Å². The van der Waals surface area contributed by atoms with E-state index < -0.39 is 0 Å². The van der Waals surface area contributed by atoms with Gasteiger partial charge in [0, 0.05) is 17.3 Å². The number of halogens is 1. The molecule has 6 heteroatoms. The third kappa shape index (κ3) is 4.48. The third-order valence-electron chi connectivity index (χ3n) is 5.67. The molecule has 31 heavy (non-hydrogen) atoms. The van der Waals surface area contributed by atoms with Crippen LogP contribution in [0.15, 0.2) is 72.8 Å². The summed E-state index contributed by atoms with van der Waals surface area (Å²) < 4.78 is 18.4. The van der Waals surface area contributed by atoms with Crippen LogP contribution in [0.25, 0.3) is 0 Å². The normalized spacial score (nSPS) is 18.1. The number of phenols is 1. The van der Waals surface area contributed by atoms with Gasteiger partial charge in [0.1, 0.15) is 17.3 Å². The summed E-state index contributed by atoms with van der Waals surface area (Å²) in [5, 5.41) is 13.8. The van der Waals surface area contributed by atoms with Crippen molar-refractivity contribution in [1.29, 1.82) is 0 Å². The fourth-order valence-corrected chi connectivity index (χ4v) is 4.14. The summed E-state index contributed by atoms with van der Waals surface area (Å²) in [6.07, 6.45) is 2.30. The summed E-state index contributed by atoms with van der Waals surface area (Å²) in [6.45, 7) is 0. The second kappa shape index (κ2) is 9.08. The van der Waals surface area contributed by atoms with Crippen LogP contribution in [0.4, 0.5) is 14.9 Å². The Labute approximate surface area is 181 Å². The number of nitrogens with zero attached hydrogens (tertiary/aromatic N) is 1. The van der Waals surface area contributed by atoms with Gasteiger partial charge in [0.15, 0.2) is 0 Å². The van der Waals surface area contributed by atoms with Gasteiger partial charge < -0.3 is 15.2 Å². The number of para-hydroxylation sites is 1. The van der Waals surface area contributed by atoms with Gasteiger partial charge in [-0.3, -0.25) is 4.90 Å². The Morgan fingerprint density at radius 2 is 1.81 bits per heavy atom. The quantitative estimate of drug-likeness (QED) is 0.552. The number of anilines is 1. The Balaban J connectivity index is 1.60. The van der Waals surface area contributed by atoms with E-state index in [-0.39, 0.29) is 29.7 Å². The predicted molar refractivity (Wildman–Crippen MR) is 118 cm³/mol. The van der Waals surface area contributed by atoms with Crippen molar-refractivity contribution in [2.75, 3.05) is 12.0 Å². The minimum atomic E-state index is -0.367.